The minimum absolute atomic E-state index is 0.242. The molecule has 0 spiro atoms. The van der Waals surface area contributed by atoms with Gasteiger partial charge in [-0.2, -0.15) is 5.10 Å². The molecule has 0 saturated carbocycles. The van der Waals surface area contributed by atoms with Crippen molar-refractivity contribution < 1.29 is 9.53 Å². The lowest BCUT2D eigenvalue weighted by molar-refractivity contribution is -0.132. The van der Waals surface area contributed by atoms with Crippen LogP contribution in [0.1, 0.15) is 23.6 Å². The summed E-state index contributed by atoms with van der Waals surface area (Å²) in [5.74, 6) is 0.651. The molecule has 0 unspecified atom stereocenters. The van der Waals surface area contributed by atoms with Gasteiger partial charge >= 0.3 is 0 Å². The molecule has 110 valence electrons. The lowest BCUT2D eigenvalue weighted by atomic mass is 10.0. The van der Waals surface area contributed by atoms with Gasteiger partial charge in [0.25, 0.3) is 0 Å². The van der Waals surface area contributed by atoms with E-state index < -0.39 is 0 Å². The normalized spacial score (nSPS) is 24.2. The van der Waals surface area contributed by atoms with E-state index >= 15 is 0 Å². The second kappa shape index (κ2) is 5.93. The van der Waals surface area contributed by atoms with E-state index in [4.69, 9.17) is 4.74 Å². The number of nitrogens with one attached hydrogen (secondary N) is 1. The van der Waals surface area contributed by atoms with Crippen LogP contribution in [0.5, 0.6) is 0 Å². The van der Waals surface area contributed by atoms with Crippen LogP contribution in [0.3, 0.4) is 0 Å². The Balaban J connectivity index is 1.54. The van der Waals surface area contributed by atoms with Crippen LogP contribution in [0, 0.1) is 6.92 Å². The van der Waals surface area contributed by atoms with E-state index in [0.717, 1.165) is 45.8 Å². The van der Waals surface area contributed by atoms with Crippen LogP contribution < -0.4 is 0 Å². The highest BCUT2D eigenvalue weighted by atomic mass is 16.5. The third-order valence-corrected chi connectivity index (χ3v) is 4.28. The van der Waals surface area contributed by atoms with Gasteiger partial charge in [0.15, 0.2) is 0 Å². The number of nitrogens with zero attached hydrogens (tertiary/aromatic N) is 3. The number of amides is 1. The van der Waals surface area contributed by atoms with Crippen LogP contribution in [0.25, 0.3) is 0 Å². The summed E-state index contributed by atoms with van der Waals surface area (Å²) in [5, 5.41) is 7.15. The molecule has 1 N–H and O–H groups in total. The van der Waals surface area contributed by atoms with Crippen molar-refractivity contribution in [3.63, 3.8) is 0 Å². The van der Waals surface area contributed by atoms with Gasteiger partial charge in [-0.15, -0.1) is 0 Å². The van der Waals surface area contributed by atoms with E-state index in [1.165, 1.54) is 11.3 Å². The number of carbonyl (C=O) groups is 1. The van der Waals surface area contributed by atoms with E-state index in [1.807, 2.05) is 11.1 Å². The zero-order chi connectivity index (χ0) is 13.9. The Morgan fingerprint density at radius 1 is 1.45 bits per heavy atom. The molecule has 20 heavy (non-hydrogen) atoms. The van der Waals surface area contributed by atoms with Crippen LogP contribution >= 0.6 is 0 Å². The number of ether oxygens (including phenoxy) is 1. The molecule has 3 heterocycles. The molecule has 1 amide bonds. The number of aryl methyl sites for hydroxylation is 1. The summed E-state index contributed by atoms with van der Waals surface area (Å²) in [6, 6.07) is 0. The molecule has 0 aromatic carbocycles. The summed E-state index contributed by atoms with van der Waals surface area (Å²) in [7, 11) is 0. The minimum atomic E-state index is 0.242. The van der Waals surface area contributed by atoms with Crippen molar-refractivity contribution in [2.24, 2.45) is 0 Å². The predicted octanol–water partition coefficient (Wildman–Crippen LogP) is 0.366. The number of morpholine rings is 1. The first-order valence-electron chi connectivity index (χ1n) is 7.32. The highest BCUT2D eigenvalue weighted by Crippen LogP contribution is 2.27. The van der Waals surface area contributed by atoms with Gasteiger partial charge in [-0.05, 0) is 18.9 Å². The fourth-order valence-corrected chi connectivity index (χ4v) is 3.04. The third kappa shape index (κ3) is 2.86. The Kier molecular flexibility index (Phi) is 4.03. The molecule has 0 aliphatic carbocycles. The Morgan fingerprint density at radius 3 is 2.95 bits per heavy atom. The molecule has 0 bridgehead atoms. The van der Waals surface area contributed by atoms with E-state index in [2.05, 4.69) is 22.0 Å². The highest BCUT2D eigenvalue weighted by molar-refractivity contribution is 5.78. The standard InChI is InChI=1S/C14H22N4O2/c1-11-8-15-16-14(11)12-2-3-18(9-12)13(19)10-17-4-6-20-7-5-17/h8,12H,2-7,9-10H2,1H3,(H,15,16)/t12-/m0/s1. The van der Waals surface area contributed by atoms with Gasteiger partial charge in [0.1, 0.15) is 0 Å². The van der Waals surface area contributed by atoms with E-state index in [9.17, 15) is 4.79 Å². The summed E-state index contributed by atoms with van der Waals surface area (Å²) >= 11 is 0. The minimum Gasteiger partial charge on any atom is -0.379 e. The molecular formula is C14H22N4O2. The van der Waals surface area contributed by atoms with Gasteiger partial charge in [0.2, 0.25) is 5.91 Å². The molecule has 6 heteroatoms. The second-order valence-corrected chi connectivity index (χ2v) is 5.68. The number of carbonyl (C=O) groups excluding carboxylic acids is 1. The van der Waals surface area contributed by atoms with E-state index in [1.54, 1.807) is 0 Å². The number of rotatable bonds is 3. The monoisotopic (exact) mass is 278 g/mol. The fourth-order valence-electron chi connectivity index (χ4n) is 3.04. The molecule has 2 aliphatic heterocycles. The van der Waals surface area contributed by atoms with Crippen LogP contribution in [0.15, 0.2) is 6.20 Å². The number of H-pyrrole nitrogens is 1. The molecule has 2 saturated heterocycles. The van der Waals surface area contributed by atoms with Gasteiger partial charge in [0, 0.05) is 37.8 Å². The topological polar surface area (TPSA) is 61.5 Å². The quantitative estimate of drug-likeness (QED) is 0.867. The van der Waals surface area contributed by atoms with Crippen molar-refractivity contribution in [3.05, 3.63) is 17.5 Å². The number of aromatic nitrogens is 2. The first kappa shape index (κ1) is 13.6. The third-order valence-electron chi connectivity index (χ3n) is 4.28. The molecule has 2 fully saturated rings. The molecular weight excluding hydrogens is 256 g/mol. The number of likely N-dealkylation sites (tertiary alicyclic amines) is 1. The summed E-state index contributed by atoms with van der Waals surface area (Å²) in [5.41, 5.74) is 2.38. The van der Waals surface area contributed by atoms with Gasteiger partial charge in [-0.3, -0.25) is 14.8 Å². The zero-order valence-electron chi connectivity index (χ0n) is 12.0. The average molecular weight is 278 g/mol. The van der Waals surface area contributed by atoms with Gasteiger partial charge in [-0.1, -0.05) is 0 Å². The maximum atomic E-state index is 12.3. The largest absolute Gasteiger partial charge is 0.379 e. The SMILES string of the molecule is Cc1cn[nH]c1[C@H]1CCN(C(=O)CN2CCOCC2)C1. The molecule has 0 radical (unpaired) electrons. The van der Waals surface area contributed by atoms with Gasteiger partial charge in [-0.25, -0.2) is 0 Å². The number of hydrogen-bond donors (Lipinski definition) is 1. The molecule has 1 aromatic rings. The fraction of sp³-hybridized carbons (Fsp3) is 0.714. The Bertz CT molecular complexity index is 467. The van der Waals surface area contributed by atoms with Crippen LogP contribution in [-0.4, -0.2) is 71.8 Å². The highest BCUT2D eigenvalue weighted by Gasteiger charge is 2.29. The smallest absolute Gasteiger partial charge is 0.236 e. The van der Waals surface area contributed by atoms with Crippen LogP contribution in [0.2, 0.25) is 0 Å². The van der Waals surface area contributed by atoms with Crippen LogP contribution in [0.4, 0.5) is 0 Å². The second-order valence-electron chi connectivity index (χ2n) is 5.68. The van der Waals surface area contributed by atoms with Crippen molar-refractivity contribution in [2.45, 2.75) is 19.3 Å². The Hall–Kier alpha value is -1.40. The summed E-state index contributed by atoms with van der Waals surface area (Å²) in [6.45, 7) is 7.46. The van der Waals surface area contributed by atoms with E-state index in [0.29, 0.717) is 12.5 Å². The first-order chi connectivity index (χ1) is 9.74. The summed E-state index contributed by atoms with van der Waals surface area (Å²) in [4.78, 5) is 16.5. The molecule has 1 aromatic heterocycles. The summed E-state index contributed by atoms with van der Waals surface area (Å²) in [6.07, 6.45) is 2.88. The molecule has 6 nitrogen and oxygen atoms in total. The van der Waals surface area contributed by atoms with Crippen molar-refractivity contribution in [2.75, 3.05) is 45.9 Å². The summed E-state index contributed by atoms with van der Waals surface area (Å²) < 4.78 is 5.31. The van der Waals surface area contributed by atoms with Crippen molar-refractivity contribution in [1.29, 1.82) is 0 Å². The van der Waals surface area contributed by atoms with Crippen molar-refractivity contribution in [1.82, 2.24) is 20.0 Å². The molecule has 2 aliphatic rings. The predicted molar refractivity (Wildman–Crippen MR) is 74.5 cm³/mol. The lowest BCUT2D eigenvalue weighted by Crippen LogP contribution is -2.44. The van der Waals surface area contributed by atoms with E-state index in [-0.39, 0.29) is 5.91 Å². The zero-order valence-corrected chi connectivity index (χ0v) is 12.0. The van der Waals surface area contributed by atoms with Crippen LogP contribution in [-0.2, 0) is 9.53 Å². The number of aromatic amines is 1. The molecule has 1 atom stereocenters. The lowest BCUT2D eigenvalue weighted by Gasteiger charge is -2.28. The average Bonchev–Trinajstić information content (AvgIpc) is 3.08. The molecule has 3 rings (SSSR count). The number of hydrogen-bond acceptors (Lipinski definition) is 4. The maximum absolute atomic E-state index is 12.3. The van der Waals surface area contributed by atoms with Gasteiger partial charge < -0.3 is 9.64 Å². The maximum Gasteiger partial charge on any atom is 0.236 e. The van der Waals surface area contributed by atoms with Crippen molar-refractivity contribution in [3.8, 4) is 0 Å². The van der Waals surface area contributed by atoms with Gasteiger partial charge in [0.05, 0.1) is 26.0 Å². The van der Waals surface area contributed by atoms with Crippen molar-refractivity contribution >= 4 is 5.91 Å². The Labute approximate surface area is 119 Å². The first-order valence-corrected chi connectivity index (χ1v) is 7.32. The Morgan fingerprint density at radius 2 is 2.25 bits per heavy atom.